The number of nitrogen functional groups attached to an aromatic ring is 1. The number of anilines is 2. The number of nitrogens with zero attached hydrogens (tertiary/aromatic N) is 3. The first-order valence-electron chi connectivity index (χ1n) is 7.01. The molecule has 0 saturated carbocycles. The van der Waals surface area contributed by atoms with E-state index in [0.29, 0.717) is 30.3 Å². The molecule has 3 heterocycles. The lowest BCUT2D eigenvalue weighted by molar-refractivity contribution is 0.126. The molecule has 7 heteroatoms. The van der Waals surface area contributed by atoms with Crippen LogP contribution in [0.15, 0.2) is 6.07 Å². The second-order valence-electron chi connectivity index (χ2n) is 5.52. The molecule has 1 aromatic heterocycles. The van der Waals surface area contributed by atoms with E-state index >= 15 is 0 Å². The fraction of sp³-hybridized carbons (Fsp3) is 0.692. The van der Waals surface area contributed by atoms with Gasteiger partial charge in [0.15, 0.2) is 5.82 Å². The molecule has 0 aromatic carbocycles. The van der Waals surface area contributed by atoms with Crippen LogP contribution in [0.2, 0.25) is 0 Å². The fourth-order valence-electron chi connectivity index (χ4n) is 3.41. The van der Waals surface area contributed by atoms with E-state index in [1.54, 1.807) is 7.11 Å². The van der Waals surface area contributed by atoms with E-state index in [9.17, 15) is 5.11 Å². The molecule has 110 valence electrons. The van der Waals surface area contributed by atoms with Gasteiger partial charge in [-0.15, -0.1) is 0 Å². The molecule has 0 aliphatic carbocycles. The average molecular weight is 279 g/mol. The summed E-state index contributed by atoms with van der Waals surface area (Å²) in [5.41, 5.74) is 2.58. The van der Waals surface area contributed by atoms with Crippen molar-refractivity contribution in [1.29, 1.82) is 0 Å². The molecule has 0 amide bonds. The van der Waals surface area contributed by atoms with E-state index in [-0.39, 0.29) is 6.10 Å². The van der Waals surface area contributed by atoms with E-state index in [2.05, 4.69) is 20.3 Å². The number of methoxy groups -OCH3 is 1. The van der Waals surface area contributed by atoms with E-state index < -0.39 is 0 Å². The van der Waals surface area contributed by atoms with Crippen LogP contribution in [0.4, 0.5) is 11.6 Å². The van der Waals surface area contributed by atoms with Crippen LogP contribution in [0, 0.1) is 0 Å². The highest BCUT2D eigenvalue weighted by molar-refractivity contribution is 5.51. The minimum absolute atomic E-state index is 0.184. The van der Waals surface area contributed by atoms with Crippen LogP contribution in [0.1, 0.15) is 31.5 Å². The predicted molar refractivity (Wildman–Crippen MR) is 75.1 cm³/mol. The zero-order valence-electron chi connectivity index (χ0n) is 11.6. The zero-order chi connectivity index (χ0) is 14.1. The van der Waals surface area contributed by atoms with Crippen LogP contribution in [0.3, 0.4) is 0 Å². The number of nitrogens with two attached hydrogens (primary N) is 1. The molecule has 0 radical (unpaired) electrons. The van der Waals surface area contributed by atoms with Crippen molar-refractivity contribution in [3.05, 3.63) is 11.9 Å². The summed E-state index contributed by atoms with van der Waals surface area (Å²) >= 11 is 0. The maximum Gasteiger partial charge on any atom is 0.158 e. The number of rotatable bonds is 4. The molecular weight excluding hydrogens is 258 g/mol. The molecule has 2 bridgehead atoms. The first-order chi connectivity index (χ1) is 9.71. The standard InChI is InChI=1S/C13H21N5O2/c1-20-7-12-15-11(17-14)6-13(16-12)18-8-2-3-9(18)5-10(19)4-8/h6,8-10,19H,2-5,7,14H2,1H3,(H,15,16,17). The summed E-state index contributed by atoms with van der Waals surface area (Å²) in [5, 5.41) is 9.88. The van der Waals surface area contributed by atoms with Crippen LogP contribution in [-0.2, 0) is 11.3 Å². The molecule has 3 rings (SSSR count). The topological polar surface area (TPSA) is 96.5 Å². The Kier molecular flexibility index (Phi) is 3.73. The van der Waals surface area contributed by atoms with Crippen molar-refractivity contribution < 1.29 is 9.84 Å². The molecule has 1 aromatic rings. The quantitative estimate of drug-likeness (QED) is 0.542. The summed E-state index contributed by atoms with van der Waals surface area (Å²) in [6, 6.07) is 2.58. The molecule has 2 atom stereocenters. The summed E-state index contributed by atoms with van der Waals surface area (Å²) in [4.78, 5) is 11.2. The number of aromatic nitrogens is 2. The minimum Gasteiger partial charge on any atom is -0.393 e. The molecule has 20 heavy (non-hydrogen) atoms. The first-order valence-corrected chi connectivity index (χ1v) is 7.01. The van der Waals surface area contributed by atoms with E-state index in [4.69, 9.17) is 10.6 Å². The normalized spacial score (nSPS) is 28.8. The monoisotopic (exact) mass is 279 g/mol. The second-order valence-corrected chi connectivity index (χ2v) is 5.52. The van der Waals surface area contributed by atoms with Crippen LogP contribution in [-0.4, -0.2) is 40.4 Å². The van der Waals surface area contributed by atoms with Crippen molar-refractivity contribution in [2.45, 2.75) is 50.5 Å². The van der Waals surface area contributed by atoms with Crippen molar-refractivity contribution in [1.82, 2.24) is 9.97 Å². The van der Waals surface area contributed by atoms with Gasteiger partial charge in [0.05, 0.1) is 6.10 Å². The van der Waals surface area contributed by atoms with Crippen molar-refractivity contribution >= 4 is 11.6 Å². The van der Waals surface area contributed by atoms with Gasteiger partial charge in [0.25, 0.3) is 0 Å². The van der Waals surface area contributed by atoms with Gasteiger partial charge >= 0.3 is 0 Å². The van der Waals surface area contributed by atoms with Crippen molar-refractivity contribution in [2.75, 3.05) is 17.4 Å². The molecule has 2 aliphatic rings. The highest BCUT2D eigenvalue weighted by Crippen LogP contribution is 2.38. The van der Waals surface area contributed by atoms with Crippen LogP contribution < -0.4 is 16.2 Å². The molecule has 2 fully saturated rings. The molecule has 0 spiro atoms. The largest absolute Gasteiger partial charge is 0.393 e. The van der Waals surface area contributed by atoms with Gasteiger partial charge in [-0.1, -0.05) is 0 Å². The summed E-state index contributed by atoms with van der Waals surface area (Å²) in [7, 11) is 1.62. The Morgan fingerprint density at radius 2 is 2.10 bits per heavy atom. The number of aliphatic hydroxyl groups excluding tert-OH is 1. The lowest BCUT2D eigenvalue weighted by Crippen LogP contribution is -2.45. The highest BCUT2D eigenvalue weighted by atomic mass is 16.5. The molecule has 2 saturated heterocycles. The Labute approximate surface area is 118 Å². The van der Waals surface area contributed by atoms with Gasteiger partial charge in [-0.05, 0) is 25.7 Å². The molecular formula is C13H21N5O2. The Balaban J connectivity index is 1.91. The molecule has 2 aliphatic heterocycles. The van der Waals surface area contributed by atoms with Crippen LogP contribution in [0.25, 0.3) is 0 Å². The van der Waals surface area contributed by atoms with Gasteiger partial charge in [0.1, 0.15) is 18.2 Å². The smallest absolute Gasteiger partial charge is 0.158 e. The van der Waals surface area contributed by atoms with Gasteiger partial charge in [-0.25, -0.2) is 15.8 Å². The third kappa shape index (κ3) is 2.44. The fourth-order valence-corrected chi connectivity index (χ4v) is 3.41. The Morgan fingerprint density at radius 1 is 1.40 bits per heavy atom. The van der Waals surface area contributed by atoms with Gasteiger partial charge in [0, 0.05) is 25.3 Å². The number of fused-ring (bicyclic) bond motifs is 2. The lowest BCUT2D eigenvalue weighted by atomic mass is 10.00. The second kappa shape index (κ2) is 5.51. The van der Waals surface area contributed by atoms with E-state index in [1.807, 2.05) is 6.07 Å². The number of nitrogens with one attached hydrogen (secondary N) is 1. The molecule has 2 unspecified atom stereocenters. The highest BCUT2D eigenvalue weighted by Gasteiger charge is 2.41. The predicted octanol–water partition coefficient (Wildman–Crippen LogP) is 0.401. The Hall–Kier alpha value is -1.44. The zero-order valence-corrected chi connectivity index (χ0v) is 11.6. The van der Waals surface area contributed by atoms with Gasteiger partial charge in [0.2, 0.25) is 0 Å². The number of hydrogen-bond donors (Lipinski definition) is 3. The Morgan fingerprint density at radius 3 is 2.70 bits per heavy atom. The Bertz CT molecular complexity index is 470. The van der Waals surface area contributed by atoms with E-state index in [0.717, 1.165) is 31.5 Å². The van der Waals surface area contributed by atoms with E-state index in [1.165, 1.54) is 0 Å². The van der Waals surface area contributed by atoms with Gasteiger partial charge < -0.3 is 20.2 Å². The first kappa shape index (κ1) is 13.5. The number of piperidine rings is 1. The average Bonchev–Trinajstić information content (AvgIpc) is 2.71. The SMILES string of the molecule is COCc1nc(NN)cc(N2C3CCC2CC(O)C3)n1. The molecule has 7 nitrogen and oxygen atoms in total. The van der Waals surface area contributed by atoms with Gasteiger partial charge in [-0.2, -0.15) is 0 Å². The van der Waals surface area contributed by atoms with Crippen LogP contribution in [0.5, 0.6) is 0 Å². The van der Waals surface area contributed by atoms with Crippen LogP contribution >= 0.6 is 0 Å². The minimum atomic E-state index is -0.184. The summed E-state index contributed by atoms with van der Waals surface area (Å²) in [6.07, 6.45) is 3.65. The number of ether oxygens (including phenoxy) is 1. The van der Waals surface area contributed by atoms with Crippen molar-refractivity contribution in [3.8, 4) is 0 Å². The summed E-state index contributed by atoms with van der Waals surface area (Å²) < 4.78 is 5.10. The third-order valence-electron chi connectivity index (χ3n) is 4.15. The summed E-state index contributed by atoms with van der Waals surface area (Å²) in [5.74, 6) is 7.56. The summed E-state index contributed by atoms with van der Waals surface area (Å²) in [6.45, 7) is 0.355. The maximum atomic E-state index is 9.88. The van der Waals surface area contributed by atoms with Crippen molar-refractivity contribution in [3.63, 3.8) is 0 Å². The number of hydrazine groups is 1. The lowest BCUT2D eigenvalue weighted by Gasteiger charge is -2.38. The number of hydrogen-bond acceptors (Lipinski definition) is 7. The van der Waals surface area contributed by atoms with Gasteiger partial charge in [-0.3, -0.25) is 0 Å². The third-order valence-corrected chi connectivity index (χ3v) is 4.15. The molecule has 4 N–H and O–H groups in total. The maximum absolute atomic E-state index is 9.88. The number of aliphatic hydroxyl groups is 1. The van der Waals surface area contributed by atoms with Crippen molar-refractivity contribution in [2.24, 2.45) is 5.84 Å².